The second-order valence-electron chi connectivity index (χ2n) is 4.92. The number of hydrogen-bond acceptors (Lipinski definition) is 2. The fourth-order valence-electron chi connectivity index (χ4n) is 2.32. The Hall–Kier alpha value is -1.36. The number of fused-ring (bicyclic) bond motifs is 1. The van der Waals surface area contributed by atoms with Crippen molar-refractivity contribution in [2.75, 3.05) is 18.0 Å². The molecule has 1 N–H and O–H groups in total. The number of amides is 2. The Balaban J connectivity index is 1.92. The molecule has 2 amide bonds. The lowest BCUT2D eigenvalue weighted by molar-refractivity contribution is -0.125. The smallest absolute Gasteiger partial charge is 0.227 e. The van der Waals surface area contributed by atoms with Crippen molar-refractivity contribution in [1.82, 2.24) is 5.32 Å². The lowest BCUT2D eigenvalue weighted by Crippen LogP contribution is -2.31. The van der Waals surface area contributed by atoms with Gasteiger partial charge in [0.05, 0.1) is 0 Å². The van der Waals surface area contributed by atoms with Crippen LogP contribution in [0.4, 0.5) is 5.69 Å². The van der Waals surface area contributed by atoms with Gasteiger partial charge >= 0.3 is 0 Å². The van der Waals surface area contributed by atoms with Crippen molar-refractivity contribution in [1.29, 1.82) is 0 Å². The van der Waals surface area contributed by atoms with Crippen LogP contribution in [0, 0.1) is 0 Å². The molecule has 0 radical (unpaired) electrons. The summed E-state index contributed by atoms with van der Waals surface area (Å²) in [4.78, 5) is 25.5. The maximum absolute atomic E-state index is 12.2. The van der Waals surface area contributed by atoms with Gasteiger partial charge in [-0.2, -0.15) is 0 Å². The Morgan fingerprint density at radius 2 is 2.15 bits per heavy atom. The molecule has 0 saturated carbocycles. The number of nitrogens with zero attached hydrogens (tertiary/aromatic N) is 1. The van der Waals surface area contributed by atoms with E-state index in [1.807, 2.05) is 25.1 Å². The zero-order valence-electron chi connectivity index (χ0n) is 11.6. The molecule has 0 bridgehead atoms. The lowest BCUT2D eigenvalue weighted by atomic mass is 10.2. The van der Waals surface area contributed by atoms with Crippen molar-refractivity contribution >= 4 is 33.4 Å². The minimum absolute atomic E-state index is 0.0218. The summed E-state index contributed by atoms with van der Waals surface area (Å²) in [6.07, 6.45) is 2.32. The summed E-state index contributed by atoms with van der Waals surface area (Å²) in [5, 5.41) is 2.79. The van der Waals surface area contributed by atoms with E-state index in [0.29, 0.717) is 13.1 Å². The first-order valence-electron chi connectivity index (χ1n) is 6.97. The van der Waals surface area contributed by atoms with Crippen LogP contribution in [0.5, 0.6) is 0 Å². The van der Waals surface area contributed by atoms with Gasteiger partial charge in [0.15, 0.2) is 0 Å². The van der Waals surface area contributed by atoms with Gasteiger partial charge in [-0.3, -0.25) is 9.59 Å². The van der Waals surface area contributed by atoms with Crippen molar-refractivity contribution in [2.45, 2.75) is 32.6 Å². The standard InChI is InChI=1S/C15H19BrN2O2/c1-2-8-17-14(19)5-6-15(20)18-9-7-11-3-4-12(16)10-13(11)18/h3-4,10H,2,5-9H2,1H3,(H,17,19). The van der Waals surface area contributed by atoms with Gasteiger partial charge < -0.3 is 10.2 Å². The zero-order valence-corrected chi connectivity index (χ0v) is 13.2. The summed E-state index contributed by atoms with van der Waals surface area (Å²) in [6, 6.07) is 6.00. The Labute approximate surface area is 127 Å². The molecule has 1 aliphatic rings. The SMILES string of the molecule is CCCNC(=O)CCC(=O)N1CCc2ccc(Br)cc21. The number of nitrogens with one attached hydrogen (secondary N) is 1. The third-order valence-electron chi connectivity index (χ3n) is 3.38. The van der Waals surface area contributed by atoms with E-state index in [2.05, 4.69) is 21.2 Å². The second kappa shape index (κ2) is 6.88. The third kappa shape index (κ3) is 3.60. The van der Waals surface area contributed by atoms with Crippen molar-refractivity contribution < 1.29 is 9.59 Å². The molecule has 0 aliphatic carbocycles. The van der Waals surface area contributed by atoms with Crippen molar-refractivity contribution in [3.8, 4) is 0 Å². The van der Waals surface area contributed by atoms with E-state index in [1.54, 1.807) is 4.90 Å². The summed E-state index contributed by atoms with van der Waals surface area (Å²) in [5.41, 5.74) is 2.16. The number of benzene rings is 1. The van der Waals surface area contributed by atoms with E-state index in [1.165, 1.54) is 5.56 Å². The molecule has 108 valence electrons. The average molecular weight is 339 g/mol. The molecule has 0 fully saturated rings. The Bertz CT molecular complexity index is 517. The lowest BCUT2D eigenvalue weighted by Gasteiger charge is -2.17. The predicted octanol–water partition coefficient (Wildman–Crippen LogP) is 2.64. The average Bonchev–Trinajstić information content (AvgIpc) is 2.85. The quantitative estimate of drug-likeness (QED) is 0.897. The van der Waals surface area contributed by atoms with Crippen LogP contribution in [0.15, 0.2) is 22.7 Å². The summed E-state index contributed by atoms with van der Waals surface area (Å²) < 4.78 is 0.969. The Morgan fingerprint density at radius 1 is 1.35 bits per heavy atom. The van der Waals surface area contributed by atoms with Gasteiger partial charge in [0, 0.05) is 36.1 Å². The number of carbonyl (C=O) groups is 2. The number of anilines is 1. The van der Waals surface area contributed by atoms with Crippen molar-refractivity contribution in [3.63, 3.8) is 0 Å². The van der Waals surface area contributed by atoms with Gasteiger partial charge in [0.2, 0.25) is 11.8 Å². The molecule has 1 aromatic rings. The molecule has 1 heterocycles. The van der Waals surface area contributed by atoms with E-state index >= 15 is 0 Å². The zero-order chi connectivity index (χ0) is 14.5. The van der Waals surface area contributed by atoms with Crippen LogP contribution in [-0.2, 0) is 16.0 Å². The van der Waals surface area contributed by atoms with Crippen LogP contribution in [0.25, 0.3) is 0 Å². The maximum Gasteiger partial charge on any atom is 0.227 e. The third-order valence-corrected chi connectivity index (χ3v) is 3.88. The largest absolute Gasteiger partial charge is 0.356 e. The summed E-state index contributed by atoms with van der Waals surface area (Å²) in [7, 11) is 0. The number of carbonyl (C=O) groups excluding carboxylic acids is 2. The highest BCUT2D eigenvalue weighted by Gasteiger charge is 2.24. The molecule has 0 atom stereocenters. The molecule has 0 aromatic heterocycles. The summed E-state index contributed by atoms with van der Waals surface area (Å²) in [6.45, 7) is 3.39. The maximum atomic E-state index is 12.2. The highest BCUT2D eigenvalue weighted by atomic mass is 79.9. The number of halogens is 1. The van der Waals surface area contributed by atoms with Crippen molar-refractivity contribution in [3.05, 3.63) is 28.2 Å². The van der Waals surface area contributed by atoms with Gasteiger partial charge in [0.25, 0.3) is 0 Å². The van der Waals surface area contributed by atoms with Gasteiger partial charge in [0.1, 0.15) is 0 Å². The molecule has 20 heavy (non-hydrogen) atoms. The van der Waals surface area contributed by atoms with E-state index in [-0.39, 0.29) is 24.7 Å². The molecule has 1 aliphatic heterocycles. The van der Waals surface area contributed by atoms with Gasteiger partial charge in [-0.1, -0.05) is 28.9 Å². The van der Waals surface area contributed by atoms with Gasteiger partial charge in [-0.25, -0.2) is 0 Å². The second-order valence-corrected chi connectivity index (χ2v) is 5.83. The number of hydrogen-bond donors (Lipinski definition) is 1. The van der Waals surface area contributed by atoms with Crippen LogP contribution in [0.1, 0.15) is 31.7 Å². The van der Waals surface area contributed by atoms with Crippen LogP contribution in [0.2, 0.25) is 0 Å². The topological polar surface area (TPSA) is 49.4 Å². The van der Waals surface area contributed by atoms with Crippen molar-refractivity contribution in [2.24, 2.45) is 0 Å². The summed E-state index contributed by atoms with van der Waals surface area (Å²) >= 11 is 3.43. The minimum atomic E-state index is -0.0473. The Kier molecular flexibility index (Phi) is 5.17. The predicted molar refractivity (Wildman–Crippen MR) is 82.7 cm³/mol. The molecule has 4 nitrogen and oxygen atoms in total. The molecule has 2 rings (SSSR count). The Morgan fingerprint density at radius 3 is 2.90 bits per heavy atom. The van der Waals surface area contributed by atoms with Gasteiger partial charge in [-0.15, -0.1) is 0 Å². The first-order valence-corrected chi connectivity index (χ1v) is 7.76. The van der Waals surface area contributed by atoms with Crippen LogP contribution in [0.3, 0.4) is 0 Å². The highest BCUT2D eigenvalue weighted by Crippen LogP contribution is 2.31. The molecule has 0 saturated heterocycles. The van der Waals surface area contributed by atoms with E-state index in [0.717, 1.165) is 23.0 Å². The molecule has 0 spiro atoms. The molecular formula is C15H19BrN2O2. The normalized spacial score (nSPS) is 13.2. The van der Waals surface area contributed by atoms with E-state index < -0.39 is 0 Å². The van der Waals surface area contributed by atoms with Gasteiger partial charge in [-0.05, 0) is 30.5 Å². The first-order chi connectivity index (χ1) is 9.61. The fourth-order valence-corrected chi connectivity index (χ4v) is 2.67. The highest BCUT2D eigenvalue weighted by molar-refractivity contribution is 9.10. The summed E-state index contributed by atoms with van der Waals surface area (Å²) in [5.74, 6) is -0.0256. The van der Waals surface area contributed by atoms with Crippen LogP contribution < -0.4 is 10.2 Å². The van der Waals surface area contributed by atoms with E-state index in [4.69, 9.17) is 0 Å². The molecule has 5 heteroatoms. The molecule has 1 aromatic carbocycles. The molecule has 0 unspecified atom stereocenters. The van der Waals surface area contributed by atoms with Crippen LogP contribution in [-0.4, -0.2) is 24.9 Å². The van der Waals surface area contributed by atoms with E-state index in [9.17, 15) is 9.59 Å². The number of rotatable bonds is 5. The van der Waals surface area contributed by atoms with Crippen LogP contribution >= 0.6 is 15.9 Å². The first kappa shape index (κ1) is 15.0. The fraction of sp³-hybridized carbons (Fsp3) is 0.467. The molecular weight excluding hydrogens is 320 g/mol. The monoisotopic (exact) mass is 338 g/mol. The minimum Gasteiger partial charge on any atom is -0.356 e.